The number of rotatable bonds is 5. The minimum absolute atomic E-state index is 0.0553. The van der Waals surface area contributed by atoms with Crippen molar-refractivity contribution in [3.63, 3.8) is 0 Å². The number of nitrogens with zero attached hydrogens (tertiary/aromatic N) is 2. The first-order valence-electron chi connectivity index (χ1n) is 10.3. The Morgan fingerprint density at radius 3 is 2.74 bits per heavy atom. The van der Waals surface area contributed by atoms with E-state index in [0.717, 1.165) is 11.1 Å². The minimum Gasteiger partial charge on any atom is -0.443 e. The number of carbonyl (C=O) groups is 2. The molecule has 31 heavy (non-hydrogen) atoms. The van der Waals surface area contributed by atoms with E-state index in [1.165, 1.54) is 6.39 Å². The van der Waals surface area contributed by atoms with Gasteiger partial charge >= 0.3 is 0 Å². The fourth-order valence-electron chi connectivity index (χ4n) is 3.95. The third kappa shape index (κ3) is 4.51. The van der Waals surface area contributed by atoms with Gasteiger partial charge in [-0.25, -0.2) is 4.98 Å². The molecule has 2 aromatic carbocycles. The number of nitrogens with one attached hydrogen (secondary N) is 1. The van der Waals surface area contributed by atoms with Crippen LogP contribution in [0.2, 0.25) is 0 Å². The molecule has 2 heterocycles. The van der Waals surface area contributed by atoms with Gasteiger partial charge in [0.1, 0.15) is 0 Å². The number of aromatic nitrogens is 1. The fraction of sp³-hybridized carbons (Fsp3) is 0.292. The van der Waals surface area contributed by atoms with Gasteiger partial charge in [-0.15, -0.1) is 0 Å². The average Bonchev–Trinajstić information content (AvgIpc) is 3.29. The third-order valence-corrected chi connectivity index (χ3v) is 5.68. The normalized spacial score (nSPS) is 18.6. The summed E-state index contributed by atoms with van der Waals surface area (Å²) >= 11 is 0. The molecule has 0 spiro atoms. The second kappa shape index (κ2) is 9.14. The van der Waals surface area contributed by atoms with E-state index < -0.39 is 0 Å². The Hall–Kier alpha value is -3.45. The van der Waals surface area contributed by atoms with Gasteiger partial charge < -0.3 is 19.7 Å². The Labute approximate surface area is 180 Å². The summed E-state index contributed by atoms with van der Waals surface area (Å²) in [4.78, 5) is 31.7. The predicted octanol–water partition coefficient (Wildman–Crippen LogP) is 2.90. The van der Waals surface area contributed by atoms with E-state index in [2.05, 4.69) is 10.3 Å². The van der Waals surface area contributed by atoms with Gasteiger partial charge in [0, 0.05) is 36.7 Å². The topological polar surface area (TPSA) is 95.7 Å². The van der Waals surface area contributed by atoms with E-state index in [4.69, 9.17) is 4.42 Å². The average molecular weight is 419 g/mol. The smallest absolute Gasteiger partial charge is 0.276 e. The molecule has 1 fully saturated rings. The first kappa shape index (κ1) is 20.8. The predicted molar refractivity (Wildman–Crippen MR) is 115 cm³/mol. The summed E-state index contributed by atoms with van der Waals surface area (Å²) in [6.07, 6.45) is 1.86. The molecule has 0 aliphatic carbocycles. The van der Waals surface area contributed by atoms with E-state index in [1.54, 1.807) is 29.2 Å². The first-order chi connectivity index (χ1) is 15.1. The van der Waals surface area contributed by atoms with Gasteiger partial charge in [0.2, 0.25) is 0 Å². The van der Waals surface area contributed by atoms with Crippen molar-refractivity contribution in [1.82, 2.24) is 15.2 Å². The lowest BCUT2D eigenvalue weighted by molar-refractivity contribution is 0.0537. The molecule has 1 aliphatic heterocycles. The van der Waals surface area contributed by atoms with Gasteiger partial charge in [-0.3, -0.25) is 9.59 Å². The van der Waals surface area contributed by atoms with Crippen LogP contribution in [0, 0.1) is 12.8 Å². The molecule has 0 bridgehead atoms. The van der Waals surface area contributed by atoms with Crippen molar-refractivity contribution >= 4 is 11.8 Å². The molecule has 0 saturated carbocycles. The lowest BCUT2D eigenvalue weighted by Gasteiger charge is -2.38. The van der Waals surface area contributed by atoms with Crippen molar-refractivity contribution in [2.24, 2.45) is 5.92 Å². The Balaban J connectivity index is 1.52. The number of aryl methyl sites for hydroxylation is 1. The van der Waals surface area contributed by atoms with E-state index in [0.29, 0.717) is 30.8 Å². The SMILES string of the molecule is Cc1cccc(-c2ocnc2C(=O)N2CC[C@H](CO)[C@H](NC(=O)c3ccccc3)C2)c1. The molecule has 2 amide bonds. The first-order valence-corrected chi connectivity index (χ1v) is 10.3. The number of piperidine rings is 1. The van der Waals surface area contributed by atoms with Crippen LogP contribution in [0.25, 0.3) is 11.3 Å². The summed E-state index contributed by atoms with van der Waals surface area (Å²) in [5.41, 5.74) is 2.64. The van der Waals surface area contributed by atoms with Crippen LogP contribution in [0.1, 0.15) is 32.8 Å². The zero-order valence-electron chi connectivity index (χ0n) is 17.3. The Kier molecular flexibility index (Phi) is 6.13. The molecule has 2 N–H and O–H groups in total. The molecular formula is C24H25N3O4. The van der Waals surface area contributed by atoms with Crippen molar-refractivity contribution in [2.75, 3.05) is 19.7 Å². The Bertz CT molecular complexity index is 1060. The van der Waals surface area contributed by atoms with Crippen LogP contribution in [-0.2, 0) is 0 Å². The van der Waals surface area contributed by atoms with Crippen LogP contribution in [0.5, 0.6) is 0 Å². The summed E-state index contributed by atoms with van der Waals surface area (Å²) in [7, 11) is 0. The molecule has 1 saturated heterocycles. The van der Waals surface area contributed by atoms with Gasteiger partial charge in [0.25, 0.3) is 11.8 Å². The van der Waals surface area contributed by atoms with Crippen molar-refractivity contribution < 1.29 is 19.1 Å². The molecular weight excluding hydrogens is 394 g/mol. The monoisotopic (exact) mass is 419 g/mol. The molecule has 160 valence electrons. The largest absolute Gasteiger partial charge is 0.443 e. The zero-order chi connectivity index (χ0) is 21.8. The van der Waals surface area contributed by atoms with Gasteiger partial charge in [0.05, 0.1) is 6.04 Å². The van der Waals surface area contributed by atoms with Gasteiger partial charge in [0.15, 0.2) is 17.8 Å². The number of benzene rings is 2. The number of oxazole rings is 1. The van der Waals surface area contributed by atoms with Crippen LogP contribution >= 0.6 is 0 Å². The van der Waals surface area contributed by atoms with Crippen molar-refractivity contribution in [3.8, 4) is 11.3 Å². The summed E-state index contributed by atoms with van der Waals surface area (Å²) in [6, 6.07) is 16.3. The Morgan fingerprint density at radius 2 is 2.00 bits per heavy atom. The van der Waals surface area contributed by atoms with Crippen LogP contribution in [-0.4, -0.2) is 52.5 Å². The molecule has 1 aliphatic rings. The summed E-state index contributed by atoms with van der Waals surface area (Å²) in [5, 5.41) is 12.8. The van der Waals surface area contributed by atoms with Gasteiger partial charge in [-0.2, -0.15) is 0 Å². The molecule has 0 radical (unpaired) electrons. The summed E-state index contributed by atoms with van der Waals surface area (Å²) in [6.45, 7) is 2.69. The van der Waals surface area contributed by atoms with E-state index in [1.807, 2.05) is 37.3 Å². The quantitative estimate of drug-likeness (QED) is 0.663. The number of hydrogen-bond acceptors (Lipinski definition) is 5. The fourth-order valence-corrected chi connectivity index (χ4v) is 3.95. The van der Waals surface area contributed by atoms with E-state index >= 15 is 0 Å². The molecule has 1 aromatic heterocycles. The number of aliphatic hydroxyl groups excluding tert-OH is 1. The number of amides is 2. The lowest BCUT2D eigenvalue weighted by Crippen LogP contribution is -2.55. The molecule has 0 unspecified atom stereocenters. The van der Waals surface area contributed by atoms with Crippen molar-refractivity contribution in [3.05, 3.63) is 77.8 Å². The minimum atomic E-state index is -0.357. The maximum atomic E-state index is 13.3. The molecule has 4 rings (SSSR count). The number of likely N-dealkylation sites (tertiary alicyclic amines) is 1. The molecule has 7 heteroatoms. The lowest BCUT2D eigenvalue weighted by atomic mass is 9.91. The number of hydrogen-bond donors (Lipinski definition) is 2. The highest BCUT2D eigenvalue weighted by Gasteiger charge is 2.34. The van der Waals surface area contributed by atoms with Gasteiger partial charge in [-0.1, -0.05) is 42.0 Å². The molecule has 3 aromatic rings. The second-order valence-electron chi connectivity index (χ2n) is 7.83. The highest BCUT2D eigenvalue weighted by Crippen LogP contribution is 2.27. The van der Waals surface area contributed by atoms with Crippen LogP contribution in [0.3, 0.4) is 0 Å². The summed E-state index contributed by atoms with van der Waals surface area (Å²) < 4.78 is 5.54. The zero-order valence-corrected chi connectivity index (χ0v) is 17.3. The van der Waals surface area contributed by atoms with E-state index in [9.17, 15) is 14.7 Å². The Morgan fingerprint density at radius 1 is 1.19 bits per heavy atom. The highest BCUT2D eigenvalue weighted by molar-refractivity contribution is 5.98. The van der Waals surface area contributed by atoms with Crippen molar-refractivity contribution in [1.29, 1.82) is 0 Å². The number of aliphatic hydroxyl groups is 1. The van der Waals surface area contributed by atoms with Crippen LogP contribution < -0.4 is 5.32 Å². The van der Waals surface area contributed by atoms with Crippen molar-refractivity contribution in [2.45, 2.75) is 19.4 Å². The van der Waals surface area contributed by atoms with E-state index in [-0.39, 0.29) is 36.1 Å². The molecule has 2 atom stereocenters. The van der Waals surface area contributed by atoms with Gasteiger partial charge in [-0.05, 0) is 31.5 Å². The third-order valence-electron chi connectivity index (χ3n) is 5.68. The standard InChI is InChI=1S/C24H25N3O4/c1-16-6-5-9-18(12-16)22-21(25-15-31-22)24(30)27-11-10-19(14-28)20(13-27)26-23(29)17-7-3-2-4-8-17/h2-9,12,15,19-20,28H,10-11,13-14H2,1H3,(H,26,29)/t19-,20-/m1/s1. The maximum Gasteiger partial charge on any atom is 0.276 e. The van der Waals surface area contributed by atoms with Crippen LogP contribution in [0.4, 0.5) is 0 Å². The maximum absolute atomic E-state index is 13.3. The molecule has 7 nitrogen and oxygen atoms in total. The summed E-state index contributed by atoms with van der Waals surface area (Å²) in [5.74, 6) is -0.158. The van der Waals surface area contributed by atoms with Crippen LogP contribution in [0.15, 0.2) is 65.4 Å². The highest BCUT2D eigenvalue weighted by atomic mass is 16.3. The second-order valence-corrected chi connectivity index (χ2v) is 7.83. The number of carbonyl (C=O) groups excluding carboxylic acids is 2.